The molecule has 22 heavy (non-hydrogen) atoms. The van der Waals surface area contributed by atoms with Gasteiger partial charge in [0.25, 0.3) is 0 Å². The minimum absolute atomic E-state index is 0.261. The van der Waals surface area contributed by atoms with Crippen LogP contribution in [0.15, 0.2) is 28.7 Å². The van der Waals surface area contributed by atoms with Gasteiger partial charge < -0.3 is 15.1 Å². The fraction of sp³-hybridized carbons (Fsp3) is 0.412. The molecule has 0 fully saturated rings. The van der Waals surface area contributed by atoms with Gasteiger partial charge in [-0.2, -0.15) is 0 Å². The molecule has 0 saturated heterocycles. The van der Waals surface area contributed by atoms with E-state index in [1.807, 2.05) is 45.0 Å². The van der Waals surface area contributed by atoms with E-state index < -0.39 is 0 Å². The van der Waals surface area contributed by atoms with Crippen molar-refractivity contribution in [2.24, 2.45) is 0 Å². The lowest BCUT2D eigenvalue weighted by molar-refractivity contribution is 0.250. The first-order chi connectivity index (χ1) is 10.6. The Bertz CT molecular complexity index is 588. The number of hydrogen-bond acceptors (Lipinski definition) is 3. The number of urea groups is 1. The summed E-state index contributed by atoms with van der Waals surface area (Å²) in [6.45, 7) is 10.1. The largest absolute Gasteiger partial charge is 0.444 e. The average molecular weight is 303 g/mol. The van der Waals surface area contributed by atoms with Gasteiger partial charge in [-0.1, -0.05) is 32.9 Å². The second kappa shape index (κ2) is 8.87. The van der Waals surface area contributed by atoms with Crippen LogP contribution in [-0.4, -0.2) is 11.0 Å². The molecule has 2 N–H and O–H groups in total. The molecule has 0 spiro atoms. The van der Waals surface area contributed by atoms with E-state index in [0.29, 0.717) is 18.2 Å². The van der Waals surface area contributed by atoms with E-state index >= 15 is 0 Å². The number of carbonyl (C=O) groups excluding carboxylic acids is 1. The van der Waals surface area contributed by atoms with Crippen LogP contribution in [0.2, 0.25) is 0 Å². The highest BCUT2D eigenvalue weighted by molar-refractivity contribution is 5.89. The summed E-state index contributed by atoms with van der Waals surface area (Å²) >= 11 is 0. The molecule has 0 aliphatic rings. The number of aryl methyl sites for hydroxylation is 3. The maximum atomic E-state index is 11.8. The molecular weight excluding hydrogens is 278 g/mol. The van der Waals surface area contributed by atoms with Crippen LogP contribution in [0.1, 0.15) is 43.7 Å². The maximum absolute atomic E-state index is 11.8. The summed E-state index contributed by atoms with van der Waals surface area (Å²) in [7, 11) is 0. The molecule has 2 aromatic rings. The first-order valence-corrected chi connectivity index (χ1v) is 7.65. The highest BCUT2D eigenvalue weighted by Gasteiger charge is 2.08. The van der Waals surface area contributed by atoms with Crippen molar-refractivity contribution in [3.63, 3.8) is 0 Å². The van der Waals surface area contributed by atoms with E-state index in [4.69, 9.17) is 4.42 Å². The number of aromatic nitrogens is 1. The Hall–Kier alpha value is -2.30. The third kappa shape index (κ3) is 5.24. The van der Waals surface area contributed by atoms with E-state index in [-0.39, 0.29) is 6.03 Å². The molecule has 5 nitrogen and oxygen atoms in total. The first-order valence-electron chi connectivity index (χ1n) is 7.65. The lowest BCUT2D eigenvalue weighted by Gasteiger charge is -2.07. The highest BCUT2D eigenvalue weighted by atomic mass is 16.4. The zero-order chi connectivity index (χ0) is 16.5. The smallest absolute Gasteiger partial charge is 0.319 e. The van der Waals surface area contributed by atoms with Crippen molar-refractivity contribution in [1.82, 2.24) is 10.3 Å². The average Bonchev–Trinajstić information content (AvgIpc) is 2.86. The lowest BCUT2D eigenvalue weighted by Crippen LogP contribution is -2.28. The summed E-state index contributed by atoms with van der Waals surface area (Å²) in [5, 5.41) is 5.52. The fourth-order valence-electron chi connectivity index (χ4n) is 1.90. The van der Waals surface area contributed by atoms with E-state index in [1.54, 1.807) is 6.92 Å². The molecule has 0 aliphatic heterocycles. The number of anilines is 1. The topological polar surface area (TPSA) is 67.2 Å². The van der Waals surface area contributed by atoms with Crippen molar-refractivity contribution < 1.29 is 9.21 Å². The quantitative estimate of drug-likeness (QED) is 0.889. The Labute approximate surface area is 132 Å². The molecule has 0 saturated carbocycles. The second-order valence-electron chi connectivity index (χ2n) is 4.60. The van der Waals surface area contributed by atoms with Crippen LogP contribution in [0.3, 0.4) is 0 Å². The van der Waals surface area contributed by atoms with Gasteiger partial charge in [-0.15, -0.1) is 0 Å². The molecule has 2 rings (SSSR count). The summed E-state index contributed by atoms with van der Waals surface area (Å²) in [5.74, 6) is 1.29. The summed E-state index contributed by atoms with van der Waals surface area (Å²) < 4.78 is 5.39. The lowest BCUT2D eigenvalue weighted by atomic mass is 10.1. The normalized spacial score (nSPS) is 9.68. The Kier molecular flexibility index (Phi) is 7.16. The van der Waals surface area contributed by atoms with Crippen LogP contribution in [0, 0.1) is 13.8 Å². The van der Waals surface area contributed by atoms with Crippen molar-refractivity contribution in [3.05, 3.63) is 47.2 Å². The maximum Gasteiger partial charge on any atom is 0.319 e. The van der Waals surface area contributed by atoms with Crippen LogP contribution >= 0.6 is 0 Å². The highest BCUT2D eigenvalue weighted by Crippen LogP contribution is 2.11. The number of hydrogen-bond donors (Lipinski definition) is 2. The molecular formula is C17H25N3O2. The SMILES string of the molecule is CC.CCc1ccc(NC(=O)NCc2oc(C)nc2C)cc1. The number of carbonyl (C=O) groups is 1. The van der Waals surface area contributed by atoms with Gasteiger partial charge in [0.2, 0.25) is 0 Å². The molecule has 2 amide bonds. The Balaban J connectivity index is 0.00000116. The third-order valence-electron chi connectivity index (χ3n) is 3.03. The van der Waals surface area contributed by atoms with Crippen molar-refractivity contribution in [1.29, 1.82) is 0 Å². The van der Waals surface area contributed by atoms with Crippen LogP contribution in [0.4, 0.5) is 10.5 Å². The van der Waals surface area contributed by atoms with Gasteiger partial charge in [0.15, 0.2) is 5.89 Å². The van der Waals surface area contributed by atoms with E-state index in [0.717, 1.165) is 17.8 Å². The summed E-state index contributed by atoms with van der Waals surface area (Å²) in [4.78, 5) is 15.9. The van der Waals surface area contributed by atoms with Crippen LogP contribution in [0.25, 0.3) is 0 Å². The number of amides is 2. The molecule has 120 valence electrons. The van der Waals surface area contributed by atoms with Gasteiger partial charge in [-0.3, -0.25) is 0 Å². The molecule has 0 aliphatic carbocycles. The van der Waals surface area contributed by atoms with E-state index in [1.165, 1.54) is 5.56 Å². The zero-order valence-corrected chi connectivity index (χ0v) is 14.0. The predicted octanol–water partition coefficient (Wildman–Crippen LogP) is 4.20. The van der Waals surface area contributed by atoms with Gasteiger partial charge in [0, 0.05) is 12.6 Å². The number of benzene rings is 1. The van der Waals surface area contributed by atoms with Gasteiger partial charge in [-0.25, -0.2) is 9.78 Å². The fourth-order valence-corrected chi connectivity index (χ4v) is 1.90. The molecule has 0 bridgehead atoms. The molecule has 0 atom stereocenters. The Morgan fingerprint density at radius 1 is 1.18 bits per heavy atom. The van der Waals surface area contributed by atoms with Crippen molar-refractivity contribution in [2.75, 3.05) is 5.32 Å². The van der Waals surface area contributed by atoms with Gasteiger partial charge >= 0.3 is 6.03 Å². The predicted molar refractivity (Wildman–Crippen MR) is 89.0 cm³/mol. The molecule has 1 aromatic carbocycles. The molecule has 0 radical (unpaired) electrons. The van der Waals surface area contributed by atoms with Crippen molar-refractivity contribution >= 4 is 11.7 Å². The second-order valence-corrected chi connectivity index (χ2v) is 4.60. The Morgan fingerprint density at radius 2 is 1.82 bits per heavy atom. The van der Waals surface area contributed by atoms with Crippen molar-refractivity contribution in [3.8, 4) is 0 Å². The van der Waals surface area contributed by atoms with Gasteiger partial charge in [-0.05, 0) is 31.0 Å². The number of nitrogens with one attached hydrogen (secondary N) is 2. The summed E-state index contributed by atoms with van der Waals surface area (Å²) in [6.07, 6.45) is 0.983. The Morgan fingerprint density at radius 3 is 2.32 bits per heavy atom. The summed E-state index contributed by atoms with van der Waals surface area (Å²) in [5.41, 5.74) is 2.81. The molecule has 0 unspecified atom stereocenters. The molecule has 1 heterocycles. The molecule has 5 heteroatoms. The minimum Gasteiger partial charge on any atom is -0.444 e. The van der Waals surface area contributed by atoms with Crippen LogP contribution in [-0.2, 0) is 13.0 Å². The number of rotatable bonds is 4. The zero-order valence-electron chi connectivity index (χ0n) is 14.0. The van der Waals surface area contributed by atoms with E-state index in [2.05, 4.69) is 22.5 Å². The molecule has 1 aromatic heterocycles. The third-order valence-corrected chi connectivity index (χ3v) is 3.03. The van der Waals surface area contributed by atoms with Crippen molar-refractivity contribution in [2.45, 2.75) is 47.6 Å². The number of nitrogens with zero attached hydrogens (tertiary/aromatic N) is 1. The van der Waals surface area contributed by atoms with Gasteiger partial charge in [0.05, 0.1) is 12.2 Å². The monoisotopic (exact) mass is 303 g/mol. The summed E-state index contributed by atoms with van der Waals surface area (Å²) in [6, 6.07) is 7.52. The number of oxazole rings is 1. The minimum atomic E-state index is -0.261. The van der Waals surface area contributed by atoms with Crippen LogP contribution in [0.5, 0.6) is 0 Å². The van der Waals surface area contributed by atoms with E-state index in [9.17, 15) is 4.79 Å². The van der Waals surface area contributed by atoms with Crippen LogP contribution < -0.4 is 10.6 Å². The van der Waals surface area contributed by atoms with Gasteiger partial charge in [0.1, 0.15) is 5.76 Å². The standard InChI is InChI=1S/C15H19N3O2.C2H6/c1-4-12-5-7-13(8-6-12)18-15(19)16-9-14-10(2)17-11(3)20-14;1-2/h5-8H,4,9H2,1-3H3,(H2,16,18,19);1-2H3. The first kappa shape index (κ1) is 17.8.